The summed E-state index contributed by atoms with van der Waals surface area (Å²) in [4.78, 5) is 37.5. The molecule has 174 valence electrons. The molecule has 0 saturated carbocycles. The molecule has 0 heterocycles. The van der Waals surface area contributed by atoms with E-state index < -0.39 is 18.5 Å². The zero-order chi connectivity index (χ0) is 24.8. The molecule has 0 unspecified atom stereocenters. The highest BCUT2D eigenvalue weighted by Gasteiger charge is 2.15. The lowest BCUT2D eigenvalue weighted by Crippen LogP contribution is -2.15. The van der Waals surface area contributed by atoms with Crippen LogP contribution in [0.15, 0.2) is 97.1 Å². The first-order chi connectivity index (χ1) is 16.9. The number of carbonyl (C=O) groups excluding carboxylic acids is 3. The van der Waals surface area contributed by atoms with Crippen molar-refractivity contribution in [2.45, 2.75) is 0 Å². The van der Waals surface area contributed by atoms with Crippen LogP contribution >= 0.6 is 23.2 Å². The van der Waals surface area contributed by atoms with Gasteiger partial charge in [0, 0.05) is 16.3 Å². The third-order valence-electron chi connectivity index (χ3n) is 5.18. The Morgan fingerprint density at radius 1 is 0.714 bits per heavy atom. The first-order valence-corrected chi connectivity index (χ1v) is 11.4. The van der Waals surface area contributed by atoms with Crippen molar-refractivity contribution >= 4 is 46.5 Å². The Hall–Kier alpha value is -3.93. The van der Waals surface area contributed by atoms with E-state index in [9.17, 15) is 14.4 Å². The number of hydrogen-bond acceptors (Lipinski definition) is 4. The highest BCUT2D eigenvalue weighted by atomic mass is 35.5. The molecule has 4 aromatic carbocycles. The molecule has 0 spiro atoms. The Labute approximate surface area is 212 Å². The topological polar surface area (TPSA) is 72.5 Å². The Bertz CT molecular complexity index is 1390. The number of ketones is 1. The third kappa shape index (κ3) is 6.15. The standard InChI is InChI=1S/C28H19Cl2NO4/c29-22-13-14-24(25(30)16-22)27(33)31-23-8-4-7-21(15-23)28(34)35-17-26(32)20-11-9-19(10-12-20)18-5-2-1-3-6-18/h1-16H,17H2,(H,31,33). The lowest BCUT2D eigenvalue weighted by Gasteiger charge is -2.09. The van der Waals surface area contributed by atoms with E-state index in [1.807, 2.05) is 42.5 Å². The molecule has 5 nitrogen and oxygen atoms in total. The van der Waals surface area contributed by atoms with Crippen LogP contribution in [0.2, 0.25) is 10.0 Å². The zero-order valence-corrected chi connectivity index (χ0v) is 19.8. The second kappa shape index (κ2) is 11.0. The predicted molar refractivity (Wildman–Crippen MR) is 137 cm³/mol. The number of hydrogen-bond donors (Lipinski definition) is 1. The molecule has 0 atom stereocenters. The number of anilines is 1. The van der Waals surface area contributed by atoms with E-state index >= 15 is 0 Å². The van der Waals surface area contributed by atoms with Gasteiger partial charge in [-0.15, -0.1) is 0 Å². The Kier molecular flexibility index (Phi) is 7.60. The number of rotatable bonds is 7. The largest absolute Gasteiger partial charge is 0.454 e. The van der Waals surface area contributed by atoms with Crippen LogP contribution < -0.4 is 5.32 Å². The monoisotopic (exact) mass is 503 g/mol. The molecular formula is C28H19Cl2NO4. The normalized spacial score (nSPS) is 10.5. The van der Waals surface area contributed by atoms with Gasteiger partial charge in [0.15, 0.2) is 12.4 Å². The first-order valence-electron chi connectivity index (χ1n) is 10.6. The van der Waals surface area contributed by atoms with E-state index in [-0.39, 0.29) is 21.9 Å². The Morgan fingerprint density at radius 2 is 1.43 bits per heavy atom. The van der Waals surface area contributed by atoms with Crippen molar-refractivity contribution in [3.8, 4) is 11.1 Å². The van der Waals surface area contributed by atoms with Crippen molar-refractivity contribution in [3.63, 3.8) is 0 Å². The molecule has 0 saturated heterocycles. The maximum atomic E-state index is 12.5. The molecule has 0 aromatic heterocycles. The van der Waals surface area contributed by atoms with Crippen molar-refractivity contribution in [3.05, 3.63) is 124 Å². The van der Waals surface area contributed by atoms with E-state index in [1.54, 1.807) is 30.3 Å². The maximum absolute atomic E-state index is 12.5. The highest BCUT2D eigenvalue weighted by Crippen LogP contribution is 2.23. The van der Waals surface area contributed by atoms with Crippen LogP contribution in [0.25, 0.3) is 11.1 Å². The fraction of sp³-hybridized carbons (Fsp3) is 0.0357. The molecule has 0 aliphatic carbocycles. The van der Waals surface area contributed by atoms with E-state index in [0.29, 0.717) is 16.3 Å². The van der Waals surface area contributed by atoms with Crippen molar-refractivity contribution in [1.29, 1.82) is 0 Å². The average molecular weight is 504 g/mol. The van der Waals surface area contributed by atoms with Gasteiger partial charge in [0.25, 0.3) is 5.91 Å². The van der Waals surface area contributed by atoms with Gasteiger partial charge in [-0.05, 0) is 47.5 Å². The van der Waals surface area contributed by atoms with Crippen molar-refractivity contribution in [2.24, 2.45) is 0 Å². The molecule has 35 heavy (non-hydrogen) atoms. The lowest BCUT2D eigenvalue weighted by molar-refractivity contribution is 0.0474. The van der Waals surface area contributed by atoms with E-state index in [1.165, 1.54) is 24.3 Å². The van der Waals surface area contributed by atoms with Crippen LogP contribution in [0.1, 0.15) is 31.1 Å². The van der Waals surface area contributed by atoms with Crippen LogP contribution in [0.5, 0.6) is 0 Å². The summed E-state index contributed by atoms with van der Waals surface area (Å²) in [5.74, 6) is -1.45. The molecule has 7 heteroatoms. The van der Waals surface area contributed by atoms with E-state index in [0.717, 1.165) is 11.1 Å². The average Bonchev–Trinajstić information content (AvgIpc) is 2.87. The molecule has 1 amide bonds. The minimum Gasteiger partial charge on any atom is -0.454 e. The fourth-order valence-corrected chi connectivity index (χ4v) is 3.87. The molecule has 4 rings (SSSR count). The summed E-state index contributed by atoms with van der Waals surface area (Å²) >= 11 is 12.0. The SMILES string of the molecule is O=C(COC(=O)c1cccc(NC(=O)c2ccc(Cl)cc2Cl)c1)c1ccc(-c2ccccc2)cc1. The van der Waals surface area contributed by atoms with Gasteiger partial charge in [0.2, 0.25) is 0 Å². The van der Waals surface area contributed by atoms with Gasteiger partial charge in [0.05, 0.1) is 16.1 Å². The van der Waals surface area contributed by atoms with Gasteiger partial charge < -0.3 is 10.1 Å². The summed E-state index contributed by atoms with van der Waals surface area (Å²) in [6.07, 6.45) is 0. The number of nitrogens with one attached hydrogen (secondary N) is 1. The molecule has 0 radical (unpaired) electrons. The summed E-state index contributed by atoms with van der Waals surface area (Å²) in [7, 11) is 0. The van der Waals surface area contributed by atoms with E-state index in [4.69, 9.17) is 27.9 Å². The summed E-state index contributed by atoms with van der Waals surface area (Å²) in [5, 5.41) is 3.31. The van der Waals surface area contributed by atoms with Gasteiger partial charge in [0.1, 0.15) is 0 Å². The number of ether oxygens (including phenoxy) is 1. The number of amides is 1. The highest BCUT2D eigenvalue weighted by molar-refractivity contribution is 6.37. The Balaban J connectivity index is 1.36. The van der Waals surface area contributed by atoms with Crippen molar-refractivity contribution < 1.29 is 19.1 Å². The number of benzene rings is 4. The molecular weight excluding hydrogens is 485 g/mol. The van der Waals surface area contributed by atoms with Gasteiger partial charge in [-0.1, -0.05) is 83.9 Å². The zero-order valence-electron chi connectivity index (χ0n) is 18.3. The molecule has 0 aliphatic rings. The molecule has 0 aliphatic heterocycles. The van der Waals surface area contributed by atoms with Crippen molar-refractivity contribution in [2.75, 3.05) is 11.9 Å². The Morgan fingerprint density at radius 3 is 2.14 bits per heavy atom. The summed E-state index contributed by atoms with van der Waals surface area (Å²) in [5.41, 5.74) is 3.28. The van der Waals surface area contributed by atoms with Crippen LogP contribution in [-0.2, 0) is 4.74 Å². The summed E-state index contributed by atoms with van der Waals surface area (Å²) < 4.78 is 5.20. The number of Topliss-reactive ketones (excluding diaryl/α,β-unsaturated/α-hetero) is 1. The first kappa shape index (κ1) is 24.2. The van der Waals surface area contributed by atoms with Crippen LogP contribution in [0, 0.1) is 0 Å². The van der Waals surface area contributed by atoms with Crippen LogP contribution in [0.4, 0.5) is 5.69 Å². The van der Waals surface area contributed by atoms with Gasteiger partial charge in [-0.25, -0.2) is 4.79 Å². The van der Waals surface area contributed by atoms with E-state index in [2.05, 4.69) is 5.32 Å². The third-order valence-corrected chi connectivity index (χ3v) is 5.73. The van der Waals surface area contributed by atoms with Crippen LogP contribution in [0.3, 0.4) is 0 Å². The lowest BCUT2D eigenvalue weighted by atomic mass is 10.0. The quantitative estimate of drug-likeness (QED) is 0.218. The summed E-state index contributed by atoms with van der Waals surface area (Å²) in [6.45, 7) is -0.402. The number of carbonyl (C=O) groups is 3. The fourth-order valence-electron chi connectivity index (χ4n) is 3.37. The number of esters is 1. The smallest absolute Gasteiger partial charge is 0.338 e. The maximum Gasteiger partial charge on any atom is 0.338 e. The van der Waals surface area contributed by atoms with Gasteiger partial charge >= 0.3 is 5.97 Å². The predicted octanol–water partition coefficient (Wildman–Crippen LogP) is 6.95. The minimum atomic E-state index is -0.681. The second-order valence-electron chi connectivity index (χ2n) is 7.60. The van der Waals surface area contributed by atoms with Gasteiger partial charge in [-0.3, -0.25) is 9.59 Å². The van der Waals surface area contributed by atoms with Crippen LogP contribution in [-0.4, -0.2) is 24.3 Å². The molecule has 1 N–H and O–H groups in total. The minimum absolute atomic E-state index is 0.192. The molecule has 0 bridgehead atoms. The second-order valence-corrected chi connectivity index (χ2v) is 8.45. The number of halogens is 2. The summed E-state index contributed by atoms with van der Waals surface area (Å²) in [6, 6.07) is 27.7. The van der Waals surface area contributed by atoms with Gasteiger partial charge in [-0.2, -0.15) is 0 Å². The molecule has 0 fully saturated rings. The van der Waals surface area contributed by atoms with Crippen molar-refractivity contribution in [1.82, 2.24) is 0 Å². The molecule has 4 aromatic rings.